The van der Waals surface area contributed by atoms with E-state index in [1.165, 1.54) is 0 Å². The number of hydrogen-bond acceptors (Lipinski definition) is 3. The lowest BCUT2D eigenvalue weighted by atomic mass is 9.99. The molecule has 19 heavy (non-hydrogen) atoms. The van der Waals surface area contributed by atoms with E-state index in [4.69, 9.17) is 28.9 Å². The number of likely N-dealkylation sites (tertiary alicyclic amines) is 1. The van der Waals surface area contributed by atoms with Crippen molar-refractivity contribution >= 4 is 29.1 Å². The molecule has 0 aromatic heterocycles. The van der Waals surface area contributed by atoms with Crippen LogP contribution in [0.5, 0.6) is 0 Å². The predicted octanol–water partition coefficient (Wildman–Crippen LogP) is 1.50. The van der Waals surface area contributed by atoms with E-state index in [0.717, 1.165) is 25.2 Å². The second kappa shape index (κ2) is 6.57. The maximum absolute atomic E-state index is 11.0. The average molecular weight is 302 g/mol. The van der Waals surface area contributed by atoms with Gasteiger partial charge < -0.3 is 11.1 Å². The molecule has 2 rings (SSSR count). The molecule has 1 aromatic rings. The molecule has 1 saturated heterocycles. The molecule has 1 aromatic carbocycles. The summed E-state index contributed by atoms with van der Waals surface area (Å²) in [5, 5.41) is 3.98. The van der Waals surface area contributed by atoms with Gasteiger partial charge in [-0.3, -0.25) is 9.69 Å². The van der Waals surface area contributed by atoms with Crippen molar-refractivity contribution in [2.45, 2.75) is 6.54 Å². The largest absolute Gasteiger partial charge is 0.355 e. The lowest BCUT2D eigenvalue weighted by Gasteiger charge is -2.39. The molecule has 1 fully saturated rings. The summed E-state index contributed by atoms with van der Waals surface area (Å²) in [6.07, 6.45) is 0. The number of halogens is 2. The van der Waals surface area contributed by atoms with Gasteiger partial charge in [-0.1, -0.05) is 29.3 Å². The number of carbonyl (C=O) groups excluding carboxylic acids is 1. The fraction of sp³-hybridized carbons (Fsp3) is 0.462. The quantitative estimate of drug-likeness (QED) is 0.866. The Labute approximate surface area is 122 Å². The van der Waals surface area contributed by atoms with Gasteiger partial charge in [0.15, 0.2) is 0 Å². The smallest absolute Gasteiger partial charge is 0.233 e. The van der Waals surface area contributed by atoms with Crippen LogP contribution in [-0.4, -0.2) is 37.0 Å². The van der Waals surface area contributed by atoms with E-state index >= 15 is 0 Å². The van der Waals surface area contributed by atoms with E-state index < -0.39 is 0 Å². The Morgan fingerprint density at radius 3 is 2.74 bits per heavy atom. The van der Waals surface area contributed by atoms with Gasteiger partial charge in [-0.05, 0) is 17.7 Å². The molecule has 104 valence electrons. The second-order valence-corrected chi connectivity index (χ2v) is 5.63. The topological polar surface area (TPSA) is 58.4 Å². The second-order valence-electron chi connectivity index (χ2n) is 4.82. The monoisotopic (exact) mass is 301 g/mol. The summed E-state index contributed by atoms with van der Waals surface area (Å²) in [5.41, 5.74) is 6.38. The van der Waals surface area contributed by atoms with Crippen LogP contribution >= 0.6 is 23.2 Å². The van der Waals surface area contributed by atoms with E-state index in [1.54, 1.807) is 0 Å². The fourth-order valence-corrected chi connectivity index (χ4v) is 2.48. The Kier molecular flexibility index (Phi) is 5.05. The standard InChI is InChI=1S/C13H17Cl2N3O/c14-11-2-1-9(3-12(11)15)6-18-7-10(8-18)5-17-13(19)4-16/h1-3,10H,4-8,16H2,(H,17,19). The van der Waals surface area contributed by atoms with Crippen LogP contribution in [0.2, 0.25) is 10.0 Å². The van der Waals surface area contributed by atoms with Gasteiger partial charge in [0.25, 0.3) is 0 Å². The summed E-state index contributed by atoms with van der Waals surface area (Å²) in [6, 6.07) is 5.70. The highest BCUT2D eigenvalue weighted by atomic mass is 35.5. The highest BCUT2D eigenvalue weighted by Gasteiger charge is 2.26. The van der Waals surface area contributed by atoms with E-state index in [0.29, 0.717) is 22.5 Å². The summed E-state index contributed by atoms with van der Waals surface area (Å²) in [7, 11) is 0. The van der Waals surface area contributed by atoms with Gasteiger partial charge in [-0.15, -0.1) is 0 Å². The van der Waals surface area contributed by atoms with Crippen molar-refractivity contribution in [1.82, 2.24) is 10.2 Å². The van der Waals surface area contributed by atoms with Crippen LogP contribution in [0, 0.1) is 5.92 Å². The summed E-state index contributed by atoms with van der Waals surface area (Å²) in [5.74, 6) is 0.418. The molecule has 4 nitrogen and oxygen atoms in total. The summed E-state index contributed by atoms with van der Waals surface area (Å²) in [4.78, 5) is 13.3. The van der Waals surface area contributed by atoms with Crippen molar-refractivity contribution in [1.29, 1.82) is 0 Å². The highest BCUT2D eigenvalue weighted by molar-refractivity contribution is 6.42. The van der Waals surface area contributed by atoms with E-state index in [9.17, 15) is 4.79 Å². The lowest BCUT2D eigenvalue weighted by molar-refractivity contribution is -0.120. The molecule has 0 saturated carbocycles. The summed E-state index contributed by atoms with van der Waals surface area (Å²) >= 11 is 11.9. The van der Waals surface area contributed by atoms with Gasteiger partial charge in [-0.2, -0.15) is 0 Å². The lowest BCUT2D eigenvalue weighted by Crippen LogP contribution is -2.51. The first-order valence-corrected chi connectivity index (χ1v) is 6.97. The molecule has 0 aliphatic carbocycles. The third-order valence-corrected chi connectivity index (χ3v) is 3.94. The van der Waals surface area contributed by atoms with Crippen molar-refractivity contribution in [3.63, 3.8) is 0 Å². The summed E-state index contributed by atoms with van der Waals surface area (Å²) < 4.78 is 0. The molecule has 1 aliphatic rings. The Morgan fingerprint density at radius 1 is 1.37 bits per heavy atom. The molecule has 1 heterocycles. The van der Waals surface area contributed by atoms with Gasteiger partial charge >= 0.3 is 0 Å². The molecule has 0 radical (unpaired) electrons. The van der Waals surface area contributed by atoms with Gasteiger partial charge in [0.1, 0.15) is 0 Å². The van der Waals surface area contributed by atoms with Crippen molar-refractivity contribution in [2.24, 2.45) is 11.7 Å². The first-order valence-electron chi connectivity index (χ1n) is 6.21. The molecule has 3 N–H and O–H groups in total. The molecule has 1 aliphatic heterocycles. The van der Waals surface area contributed by atoms with Gasteiger partial charge in [0, 0.05) is 32.1 Å². The number of carbonyl (C=O) groups is 1. The van der Waals surface area contributed by atoms with Crippen LogP contribution in [0.25, 0.3) is 0 Å². The molecule has 0 bridgehead atoms. The maximum Gasteiger partial charge on any atom is 0.233 e. The number of nitrogens with zero attached hydrogens (tertiary/aromatic N) is 1. The highest BCUT2D eigenvalue weighted by Crippen LogP contribution is 2.25. The number of hydrogen-bond donors (Lipinski definition) is 2. The zero-order chi connectivity index (χ0) is 13.8. The molecular formula is C13H17Cl2N3O. The zero-order valence-corrected chi connectivity index (χ0v) is 12.0. The normalized spacial score (nSPS) is 16.2. The zero-order valence-electron chi connectivity index (χ0n) is 10.5. The first-order chi connectivity index (χ1) is 9.08. The molecule has 6 heteroatoms. The minimum atomic E-state index is -0.0945. The van der Waals surface area contributed by atoms with Gasteiger partial charge in [-0.25, -0.2) is 0 Å². The van der Waals surface area contributed by atoms with Crippen LogP contribution in [0.3, 0.4) is 0 Å². The Hall–Kier alpha value is -0.810. The van der Waals surface area contributed by atoms with Crippen LogP contribution < -0.4 is 11.1 Å². The van der Waals surface area contributed by atoms with Crippen molar-refractivity contribution < 1.29 is 4.79 Å². The minimum Gasteiger partial charge on any atom is -0.355 e. The number of nitrogens with two attached hydrogens (primary N) is 1. The van der Waals surface area contributed by atoms with E-state index in [2.05, 4.69) is 10.2 Å². The average Bonchev–Trinajstić information content (AvgIpc) is 2.35. The Morgan fingerprint density at radius 2 is 2.11 bits per heavy atom. The molecule has 1 amide bonds. The first kappa shape index (κ1) is 14.6. The van der Waals surface area contributed by atoms with Gasteiger partial charge in [0.05, 0.1) is 16.6 Å². The molecule has 0 atom stereocenters. The number of benzene rings is 1. The van der Waals surface area contributed by atoms with Crippen LogP contribution in [-0.2, 0) is 11.3 Å². The van der Waals surface area contributed by atoms with Crippen molar-refractivity contribution in [2.75, 3.05) is 26.2 Å². The van der Waals surface area contributed by atoms with Crippen LogP contribution in [0.1, 0.15) is 5.56 Å². The van der Waals surface area contributed by atoms with Crippen molar-refractivity contribution in [3.8, 4) is 0 Å². The van der Waals surface area contributed by atoms with Crippen molar-refractivity contribution in [3.05, 3.63) is 33.8 Å². The van der Waals surface area contributed by atoms with E-state index in [1.807, 2.05) is 18.2 Å². The SMILES string of the molecule is NCC(=O)NCC1CN(Cc2ccc(Cl)c(Cl)c2)C1. The number of rotatable bonds is 5. The minimum absolute atomic E-state index is 0.0553. The Balaban J connectivity index is 1.72. The van der Waals surface area contributed by atoms with Gasteiger partial charge in [0.2, 0.25) is 5.91 Å². The van der Waals surface area contributed by atoms with Crippen LogP contribution in [0.4, 0.5) is 0 Å². The third-order valence-electron chi connectivity index (χ3n) is 3.20. The molecule has 0 unspecified atom stereocenters. The number of amides is 1. The third kappa shape index (κ3) is 4.08. The summed E-state index contributed by atoms with van der Waals surface area (Å²) in [6.45, 7) is 3.57. The molecular weight excluding hydrogens is 285 g/mol. The molecule has 0 spiro atoms. The predicted molar refractivity (Wildman–Crippen MR) is 77.3 cm³/mol. The Bertz CT molecular complexity index is 461. The van der Waals surface area contributed by atoms with Crippen LogP contribution in [0.15, 0.2) is 18.2 Å². The van der Waals surface area contributed by atoms with E-state index in [-0.39, 0.29) is 12.5 Å². The fourth-order valence-electron chi connectivity index (χ4n) is 2.16. The maximum atomic E-state index is 11.0. The number of nitrogens with one attached hydrogen (secondary N) is 1.